The van der Waals surface area contributed by atoms with Crippen LogP contribution in [0.25, 0.3) is 0 Å². The van der Waals surface area contributed by atoms with Gasteiger partial charge in [-0.15, -0.1) is 0 Å². The van der Waals surface area contributed by atoms with Gasteiger partial charge in [-0.2, -0.15) is 0 Å². The lowest BCUT2D eigenvalue weighted by Crippen LogP contribution is -2.46. The summed E-state index contributed by atoms with van der Waals surface area (Å²) in [4.78, 5) is 13.9. The Bertz CT molecular complexity index is 286. The molecule has 2 N–H and O–H groups in total. The summed E-state index contributed by atoms with van der Waals surface area (Å²) in [7, 11) is 2.07. The molecule has 0 aliphatic carbocycles. The Hall–Kier alpha value is -1.09. The predicted molar refractivity (Wildman–Crippen MR) is 62.3 cm³/mol. The molecule has 1 aliphatic heterocycles. The number of allylic oxidation sites excluding steroid dienone is 2. The predicted octanol–water partition coefficient (Wildman–Crippen LogP) is 1.32. The Morgan fingerprint density at radius 3 is 2.40 bits per heavy atom. The first kappa shape index (κ1) is 12.0. The maximum Gasteiger partial charge on any atom is 0.227 e. The average molecular weight is 208 g/mol. The van der Waals surface area contributed by atoms with Crippen molar-refractivity contribution in [3.63, 3.8) is 0 Å². The number of carbonyl (C=O) groups is 1. The summed E-state index contributed by atoms with van der Waals surface area (Å²) < 4.78 is 0. The second-order valence-electron chi connectivity index (χ2n) is 4.34. The lowest BCUT2D eigenvalue weighted by molar-refractivity contribution is -0.127. The summed E-state index contributed by atoms with van der Waals surface area (Å²) in [6.45, 7) is 7.48. The minimum absolute atomic E-state index is 0.203. The van der Waals surface area contributed by atoms with Gasteiger partial charge >= 0.3 is 0 Å². The van der Waals surface area contributed by atoms with Crippen molar-refractivity contribution < 1.29 is 4.79 Å². The third-order valence-corrected chi connectivity index (χ3v) is 3.43. The van der Waals surface area contributed by atoms with Gasteiger partial charge in [0.25, 0.3) is 0 Å². The number of nitrogens with zero attached hydrogens (tertiary/aromatic N) is 1. The molecule has 0 spiro atoms. The molecule has 0 aromatic carbocycles. The zero-order valence-corrected chi connectivity index (χ0v) is 9.62. The van der Waals surface area contributed by atoms with Gasteiger partial charge in [0.05, 0.1) is 5.41 Å². The number of amides is 1. The maximum absolute atomic E-state index is 11.6. The minimum atomic E-state index is -0.444. The Morgan fingerprint density at radius 2 is 2.00 bits per heavy atom. The molecule has 0 radical (unpaired) electrons. The molecular formula is C12H20N2O. The third kappa shape index (κ3) is 2.29. The van der Waals surface area contributed by atoms with E-state index >= 15 is 0 Å². The largest absolute Gasteiger partial charge is 0.369 e. The summed E-state index contributed by atoms with van der Waals surface area (Å²) in [5.41, 5.74) is 6.14. The van der Waals surface area contributed by atoms with Crippen LogP contribution < -0.4 is 5.73 Å². The Kier molecular flexibility index (Phi) is 3.69. The fourth-order valence-electron chi connectivity index (χ4n) is 2.17. The first-order valence-corrected chi connectivity index (χ1v) is 5.31. The third-order valence-electron chi connectivity index (χ3n) is 3.43. The van der Waals surface area contributed by atoms with Crippen molar-refractivity contribution in [1.82, 2.24) is 4.90 Å². The molecule has 1 amide bonds. The summed E-state index contributed by atoms with van der Waals surface area (Å²) in [5.74, 6) is -0.203. The molecule has 1 heterocycles. The lowest BCUT2D eigenvalue weighted by atomic mass is 9.72. The number of nitrogens with two attached hydrogens (primary N) is 1. The van der Waals surface area contributed by atoms with Crippen molar-refractivity contribution in [2.45, 2.75) is 19.8 Å². The maximum atomic E-state index is 11.6. The fourth-order valence-corrected chi connectivity index (χ4v) is 2.17. The molecule has 0 unspecified atom stereocenters. The van der Waals surface area contributed by atoms with Gasteiger partial charge in [-0.05, 0) is 39.9 Å². The molecule has 0 aromatic heterocycles. The van der Waals surface area contributed by atoms with E-state index in [-0.39, 0.29) is 5.91 Å². The molecule has 1 aliphatic rings. The van der Waals surface area contributed by atoms with Crippen molar-refractivity contribution in [2.75, 3.05) is 20.1 Å². The van der Waals surface area contributed by atoms with Gasteiger partial charge in [0.1, 0.15) is 0 Å². The van der Waals surface area contributed by atoms with Gasteiger partial charge in [-0.1, -0.05) is 24.3 Å². The summed E-state index contributed by atoms with van der Waals surface area (Å²) in [6, 6.07) is 0. The monoisotopic (exact) mass is 208 g/mol. The van der Waals surface area contributed by atoms with Crippen LogP contribution >= 0.6 is 0 Å². The van der Waals surface area contributed by atoms with E-state index in [0.29, 0.717) is 0 Å². The molecular weight excluding hydrogens is 188 g/mol. The van der Waals surface area contributed by atoms with Crippen LogP contribution in [-0.2, 0) is 4.79 Å². The topological polar surface area (TPSA) is 46.3 Å². The average Bonchev–Trinajstić information content (AvgIpc) is 2.19. The molecule has 84 valence electrons. The normalized spacial score (nSPS) is 22.4. The van der Waals surface area contributed by atoms with Crippen LogP contribution in [0.1, 0.15) is 19.8 Å². The van der Waals surface area contributed by atoms with Gasteiger partial charge in [0, 0.05) is 0 Å². The number of likely N-dealkylation sites (tertiary alicyclic amines) is 1. The van der Waals surface area contributed by atoms with Crippen LogP contribution in [0.3, 0.4) is 0 Å². The van der Waals surface area contributed by atoms with E-state index in [2.05, 4.69) is 18.5 Å². The van der Waals surface area contributed by atoms with E-state index in [1.807, 2.05) is 13.0 Å². The van der Waals surface area contributed by atoms with Crippen molar-refractivity contribution >= 4 is 5.91 Å². The number of hydrogen-bond acceptors (Lipinski definition) is 2. The molecule has 3 nitrogen and oxygen atoms in total. The number of primary amides is 1. The lowest BCUT2D eigenvalue weighted by Gasteiger charge is -2.39. The van der Waals surface area contributed by atoms with Crippen molar-refractivity contribution in [2.24, 2.45) is 11.1 Å². The molecule has 0 saturated carbocycles. The van der Waals surface area contributed by atoms with Crippen molar-refractivity contribution in [3.05, 3.63) is 24.3 Å². The van der Waals surface area contributed by atoms with E-state index in [9.17, 15) is 4.79 Å². The number of rotatable bonds is 3. The number of hydrogen-bond donors (Lipinski definition) is 1. The quantitative estimate of drug-likeness (QED) is 0.711. The Morgan fingerprint density at radius 1 is 1.47 bits per heavy atom. The molecule has 15 heavy (non-hydrogen) atoms. The molecule has 0 aromatic rings. The van der Waals surface area contributed by atoms with Crippen LogP contribution in [0.5, 0.6) is 0 Å². The van der Waals surface area contributed by atoms with E-state index in [4.69, 9.17) is 5.73 Å². The molecule has 1 rings (SSSR count). The highest BCUT2D eigenvalue weighted by Gasteiger charge is 2.40. The summed E-state index contributed by atoms with van der Waals surface area (Å²) in [5, 5.41) is 0. The summed E-state index contributed by atoms with van der Waals surface area (Å²) >= 11 is 0. The zero-order chi connectivity index (χ0) is 11.5. The van der Waals surface area contributed by atoms with Gasteiger partial charge < -0.3 is 10.6 Å². The Labute approximate surface area is 91.6 Å². The Balaban J connectivity index is 2.94. The second kappa shape index (κ2) is 4.62. The first-order chi connectivity index (χ1) is 7.03. The van der Waals surface area contributed by atoms with E-state index in [0.717, 1.165) is 31.5 Å². The highest BCUT2D eigenvalue weighted by molar-refractivity contribution is 5.84. The molecule has 3 heteroatoms. The number of piperidine rings is 1. The van der Waals surface area contributed by atoms with E-state index < -0.39 is 5.41 Å². The second-order valence-corrected chi connectivity index (χ2v) is 4.34. The highest BCUT2D eigenvalue weighted by atomic mass is 16.1. The van der Waals surface area contributed by atoms with Crippen LogP contribution in [-0.4, -0.2) is 30.9 Å². The zero-order valence-electron chi connectivity index (χ0n) is 9.62. The van der Waals surface area contributed by atoms with Gasteiger partial charge in [-0.25, -0.2) is 0 Å². The smallest absolute Gasteiger partial charge is 0.227 e. The summed E-state index contributed by atoms with van der Waals surface area (Å²) in [6.07, 6.45) is 5.25. The number of carbonyl (C=O) groups excluding carboxylic acids is 1. The fraction of sp³-hybridized carbons (Fsp3) is 0.583. The van der Waals surface area contributed by atoms with Crippen LogP contribution in [0, 0.1) is 5.41 Å². The first-order valence-electron chi connectivity index (χ1n) is 5.31. The van der Waals surface area contributed by atoms with Gasteiger partial charge in [0.2, 0.25) is 5.91 Å². The molecule has 0 atom stereocenters. The highest BCUT2D eigenvalue weighted by Crippen LogP contribution is 2.37. The molecule has 1 fully saturated rings. The van der Waals surface area contributed by atoms with Crippen LogP contribution in [0.2, 0.25) is 0 Å². The van der Waals surface area contributed by atoms with E-state index in [1.165, 1.54) is 0 Å². The van der Waals surface area contributed by atoms with Crippen LogP contribution in [0.4, 0.5) is 0 Å². The molecule has 0 bridgehead atoms. The van der Waals surface area contributed by atoms with Crippen molar-refractivity contribution in [1.29, 1.82) is 0 Å². The minimum Gasteiger partial charge on any atom is -0.369 e. The standard InChI is InChI=1S/C12H20N2O/c1-4-5-10(2)12(11(13)15)6-8-14(3)9-7-12/h4-5H,1,6-9H2,2-3H3,(H2,13,15)/b10-5+. The SMILES string of the molecule is C=C/C=C(\C)C1(C(N)=O)CCN(C)CC1. The van der Waals surface area contributed by atoms with E-state index in [1.54, 1.807) is 6.08 Å². The van der Waals surface area contributed by atoms with Gasteiger partial charge in [-0.3, -0.25) is 4.79 Å². The molecule has 1 saturated heterocycles. The van der Waals surface area contributed by atoms with Crippen LogP contribution in [0.15, 0.2) is 24.3 Å². The van der Waals surface area contributed by atoms with Crippen molar-refractivity contribution in [3.8, 4) is 0 Å². The van der Waals surface area contributed by atoms with Gasteiger partial charge in [0.15, 0.2) is 0 Å².